The maximum atomic E-state index is 12.0. The van der Waals surface area contributed by atoms with Crippen LogP contribution in [-0.4, -0.2) is 42.5 Å². The number of aliphatic carboxylic acids is 1. The van der Waals surface area contributed by atoms with Crippen LogP contribution in [0.5, 0.6) is 0 Å². The molecule has 128 valence electrons. The molecule has 0 saturated heterocycles. The van der Waals surface area contributed by atoms with Gasteiger partial charge in [-0.3, -0.25) is 9.48 Å². The summed E-state index contributed by atoms with van der Waals surface area (Å²) in [4.78, 5) is 31.7. The van der Waals surface area contributed by atoms with Crippen molar-refractivity contribution in [3.63, 3.8) is 0 Å². The van der Waals surface area contributed by atoms with E-state index in [0.29, 0.717) is 10.8 Å². The molecular weight excluding hydrogens is 330 g/mol. The first-order chi connectivity index (χ1) is 11.2. The number of hydrogen-bond donors (Lipinski definition) is 2. The van der Waals surface area contributed by atoms with Crippen molar-refractivity contribution in [2.45, 2.75) is 38.4 Å². The van der Waals surface area contributed by atoms with E-state index in [9.17, 15) is 14.7 Å². The van der Waals surface area contributed by atoms with Gasteiger partial charge in [0.15, 0.2) is 10.7 Å². The Kier molecular flexibility index (Phi) is 5.23. The third kappa shape index (κ3) is 4.31. The second-order valence-electron chi connectivity index (χ2n) is 5.81. The summed E-state index contributed by atoms with van der Waals surface area (Å²) in [5.74, 6) is -1.10. The maximum Gasteiger partial charge on any atom is 0.331 e. The minimum Gasteiger partial charge on any atom is -0.479 e. The third-order valence-electron chi connectivity index (χ3n) is 3.26. The molecule has 1 amide bonds. The largest absolute Gasteiger partial charge is 0.479 e. The van der Waals surface area contributed by atoms with Gasteiger partial charge < -0.3 is 10.4 Å². The Balaban J connectivity index is 1.96. The van der Waals surface area contributed by atoms with E-state index in [1.54, 1.807) is 0 Å². The molecule has 0 aromatic carbocycles. The average Bonchev–Trinajstić information content (AvgIpc) is 2.93. The summed E-state index contributed by atoms with van der Waals surface area (Å²) >= 11 is 1.24. The van der Waals surface area contributed by atoms with Crippen LogP contribution in [0.15, 0.2) is 23.6 Å². The minimum atomic E-state index is -1.19. The number of carboxylic acid groups (broad SMARTS) is 1. The first-order valence-corrected chi connectivity index (χ1v) is 8.20. The number of amides is 1. The van der Waals surface area contributed by atoms with E-state index in [1.165, 1.54) is 42.7 Å². The van der Waals surface area contributed by atoms with E-state index >= 15 is 0 Å². The first kappa shape index (κ1) is 17.9. The van der Waals surface area contributed by atoms with Gasteiger partial charge in [-0.15, -0.1) is 0 Å². The maximum absolute atomic E-state index is 12.0. The number of carbonyl (C=O) groups excluding carboxylic acids is 1. The van der Waals surface area contributed by atoms with Crippen LogP contribution in [0.4, 0.5) is 5.69 Å². The minimum absolute atomic E-state index is 0.149. The van der Waals surface area contributed by atoms with Crippen molar-refractivity contribution in [3.05, 3.63) is 29.8 Å². The van der Waals surface area contributed by atoms with Gasteiger partial charge in [-0.2, -0.15) is 5.10 Å². The summed E-state index contributed by atoms with van der Waals surface area (Å²) in [6.45, 7) is 6.80. The zero-order valence-electron chi connectivity index (χ0n) is 13.9. The molecule has 0 aliphatic rings. The molecule has 0 aliphatic heterocycles. The number of carbonyl (C=O) groups is 2. The van der Waals surface area contributed by atoms with Crippen LogP contribution in [0.2, 0.25) is 0 Å². The zero-order chi connectivity index (χ0) is 17.9. The Morgan fingerprint density at radius 3 is 2.50 bits per heavy atom. The SMILES string of the molecule is Cc1cc(C)nc(SCC(=O)Nc2cnn(C(C)(C)C(=O)O)c2)n1. The van der Waals surface area contributed by atoms with Crippen molar-refractivity contribution >= 4 is 29.3 Å². The molecule has 0 atom stereocenters. The number of nitrogens with zero attached hydrogens (tertiary/aromatic N) is 4. The zero-order valence-corrected chi connectivity index (χ0v) is 14.7. The molecule has 8 nitrogen and oxygen atoms in total. The van der Waals surface area contributed by atoms with Crippen LogP contribution in [0.3, 0.4) is 0 Å². The molecular formula is C15H19N5O3S. The molecule has 2 aromatic rings. The van der Waals surface area contributed by atoms with Gasteiger partial charge in [-0.05, 0) is 33.8 Å². The fourth-order valence-corrected chi connectivity index (χ4v) is 2.63. The monoisotopic (exact) mass is 349 g/mol. The van der Waals surface area contributed by atoms with Crippen molar-refractivity contribution in [1.82, 2.24) is 19.7 Å². The molecule has 0 radical (unpaired) electrons. The lowest BCUT2D eigenvalue weighted by Gasteiger charge is -2.19. The Morgan fingerprint density at radius 1 is 1.29 bits per heavy atom. The molecule has 0 fully saturated rings. The average molecular weight is 349 g/mol. The molecule has 9 heteroatoms. The summed E-state index contributed by atoms with van der Waals surface area (Å²) in [6.07, 6.45) is 2.91. The van der Waals surface area contributed by atoms with Gasteiger partial charge >= 0.3 is 5.97 Å². The van der Waals surface area contributed by atoms with Crippen molar-refractivity contribution in [3.8, 4) is 0 Å². The number of nitrogens with one attached hydrogen (secondary N) is 1. The predicted octanol–water partition coefficient (Wildman–Crippen LogP) is 1.84. The normalized spacial score (nSPS) is 11.3. The molecule has 2 rings (SSSR count). The van der Waals surface area contributed by atoms with E-state index in [2.05, 4.69) is 20.4 Å². The van der Waals surface area contributed by atoms with Crippen LogP contribution in [0.1, 0.15) is 25.2 Å². The molecule has 0 unspecified atom stereocenters. The Bertz CT molecular complexity index is 752. The van der Waals surface area contributed by atoms with E-state index in [-0.39, 0.29) is 11.7 Å². The van der Waals surface area contributed by atoms with Gasteiger partial charge in [0.05, 0.1) is 17.6 Å². The Hall–Kier alpha value is -2.42. The molecule has 2 N–H and O–H groups in total. The van der Waals surface area contributed by atoms with Crippen LogP contribution in [-0.2, 0) is 15.1 Å². The molecule has 0 saturated carbocycles. The lowest BCUT2D eigenvalue weighted by molar-refractivity contribution is -0.146. The van der Waals surface area contributed by atoms with Gasteiger partial charge in [-0.25, -0.2) is 14.8 Å². The molecule has 0 spiro atoms. The summed E-state index contributed by atoms with van der Waals surface area (Å²) in [6, 6.07) is 1.86. The lowest BCUT2D eigenvalue weighted by Crippen LogP contribution is -2.35. The highest BCUT2D eigenvalue weighted by molar-refractivity contribution is 7.99. The van der Waals surface area contributed by atoms with E-state index < -0.39 is 11.5 Å². The first-order valence-electron chi connectivity index (χ1n) is 7.22. The van der Waals surface area contributed by atoms with Crippen LogP contribution in [0.25, 0.3) is 0 Å². The van der Waals surface area contributed by atoms with Crippen molar-refractivity contribution in [2.75, 3.05) is 11.1 Å². The van der Waals surface area contributed by atoms with E-state index in [0.717, 1.165) is 11.4 Å². The number of thioether (sulfide) groups is 1. The molecule has 2 heterocycles. The van der Waals surface area contributed by atoms with Gasteiger partial charge in [0.1, 0.15) is 0 Å². The Labute approximate surface area is 143 Å². The van der Waals surface area contributed by atoms with E-state index in [4.69, 9.17) is 0 Å². The lowest BCUT2D eigenvalue weighted by atomic mass is 10.1. The van der Waals surface area contributed by atoms with Gasteiger partial charge in [0, 0.05) is 17.6 Å². The summed E-state index contributed by atoms with van der Waals surface area (Å²) in [7, 11) is 0. The highest BCUT2D eigenvalue weighted by atomic mass is 32.2. The summed E-state index contributed by atoms with van der Waals surface area (Å²) < 4.78 is 1.30. The number of carboxylic acids is 1. The smallest absolute Gasteiger partial charge is 0.331 e. The second kappa shape index (κ2) is 7.00. The standard InChI is InChI=1S/C15H19N5O3S/c1-9-5-10(2)18-14(17-9)24-8-12(21)19-11-6-16-20(7-11)15(3,4)13(22)23/h5-7H,8H2,1-4H3,(H,19,21)(H,22,23). The van der Waals surface area contributed by atoms with Crippen LogP contribution < -0.4 is 5.32 Å². The summed E-state index contributed by atoms with van der Waals surface area (Å²) in [5.41, 5.74) is 0.950. The van der Waals surface area contributed by atoms with Crippen molar-refractivity contribution in [1.29, 1.82) is 0 Å². The van der Waals surface area contributed by atoms with Crippen molar-refractivity contribution < 1.29 is 14.7 Å². The number of anilines is 1. The topological polar surface area (TPSA) is 110 Å². The molecule has 24 heavy (non-hydrogen) atoms. The second-order valence-corrected chi connectivity index (χ2v) is 6.75. The third-order valence-corrected chi connectivity index (χ3v) is 4.10. The fraction of sp³-hybridized carbons (Fsp3) is 0.400. The number of rotatable bonds is 6. The highest BCUT2D eigenvalue weighted by Crippen LogP contribution is 2.18. The molecule has 0 aliphatic carbocycles. The summed E-state index contributed by atoms with van der Waals surface area (Å²) in [5, 5.41) is 16.4. The number of hydrogen-bond acceptors (Lipinski definition) is 6. The fourth-order valence-electron chi connectivity index (χ4n) is 1.88. The van der Waals surface area contributed by atoms with Crippen molar-refractivity contribution in [2.24, 2.45) is 0 Å². The molecule has 0 bridgehead atoms. The van der Waals surface area contributed by atoms with Crippen LogP contribution in [0, 0.1) is 13.8 Å². The molecule has 2 aromatic heterocycles. The quantitative estimate of drug-likeness (QED) is 0.605. The van der Waals surface area contributed by atoms with E-state index in [1.807, 2.05) is 19.9 Å². The Morgan fingerprint density at radius 2 is 1.92 bits per heavy atom. The number of aromatic nitrogens is 4. The highest BCUT2D eigenvalue weighted by Gasteiger charge is 2.30. The van der Waals surface area contributed by atoms with Gasteiger partial charge in [-0.1, -0.05) is 11.8 Å². The van der Waals surface area contributed by atoms with Gasteiger partial charge in [0.2, 0.25) is 5.91 Å². The van der Waals surface area contributed by atoms with Crippen LogP contribution >= 0.6 is 11.8 Å². The predicted molar refractivity (Wildman–Crippen MR) is 90.0 cm³/mol. The van der Waals surface area contributed by atoms with Gasteiger partial charge in [0.25, 0.3) is 0 Å². The number of aryl methyl sites for hydroxylation is 2.